The summed E-state index contributed by atoms with van der Waals surface area (Å²) in [6, 6.07) is 9.72. The number of aliphatic hydroxyl groups is 1. The van der Waals surface area contributed by atoms with E-state index in [2.05, 4.69) is 25.7 Å². The van der Waals surface area contributed by atoms with Gasteiger partial charge in [0.15, 0.2) is 0 Å². The van der Waals surface area contributed by atoms with Gasteiger partial charge in [0.1, 0.15) is 5.60 Å². The second-order valence-electron chi connectivity index (χ2n) is 6.78. The summed E-state index contributed by atoms with van der Waals surface area (Å²) in [7, 11) is 0. The Bertz CT molecular complexity index is 449. The zero-order valence-electron chi connectivity index (χ0n) is 13.4. The van der Waals surface area contributed by atoms with Gasteiger partial charge in [0, 0.05) is 26.2 Å². The normalized spacial score (nSPS) is 25.5. The maximum absolute atomic E-state index is 10.8. The fourth-order valence-corrected chi connectivity index (χ4v) is 3.21. The van der Waals surface area contributed by atoms with Crippen LogP contribution in [0.4, 0.5) is 0 Å². The number of benzene rings is 1. The minimum Gasteiger partial charge on any atom is -0.384 e. The highest BCUT2D eigenvalue weighted by Gasteiger charge is 2.33. The Labute approximate surface area is 127 Å². The summed E-state index contributed by atoms with van der Waals surface area (Å²) in [5, 5.41) is 10.8. The van der Waals surface area contributed by atoms with Gasteiger partial charge in [0.25, 0.3) is 0 Å². The highest BCUT2D eigenvalue weighted by molar-refractivity contribution is 5.22. The van der Waals surface area contributed by atoms with E-state index in [0.29, 0.717) is 6.42 Å². The molecule has 4 heteroatoms. The molecule has 1 aliphatic rings. The van der Waals surface area contributed by atoms with Crippen LogP contribution >= 0.6 is 0 Å². The van der Waals surface area contributed by atoms with Crippen molar-refractivity contribution in [1.82, 2.24) is 4.90 Å². The van der Waals surface area contributed by atoms with Gasteiger partial charge in [-0.25, -0.2) is 0 Å². The van der Waals surface area contributed by atoms with Crippen LogP contribution in [0.25, 0.3) is 0 Å². The molecule has 118 valence electrons. The molecule has 1 fully saturated rings. The molecule has 0 saturated carbocycles. The largest absolute Gasteiger partial charge is 0.384 e. The summed E-state index contributed by atoms with van der Waals surface area (Å²) < 4.78 is 5.92. The molecule has 0 radical (unpaired) electrons. The van der Waals surface area contributed by atoms with E-state index in [1.54, 1.807) is 0 Å². The Hall–Kier alpha value is -0.940. The number of hydrogen-bond acceptors (Lipinski definition) is 4. The third-order valence-electron chi connectivity index (χ3n) is 4.13. The first-order valence-corrected chi connectivity index (χ1v) is 7.73. The maximum atomic E-state index is 10.8. The molecule has 21 heavy (non-hydrogen) atoms. The highest BCUT2D eigenvalue weighted by atomic mass is 16.5. The number of morpholine rings is 1. The van der Waals surface area contributed by atoms with Gasteiger partial charge < -0.3 is 15.6 Å². The van der Waals surface area contributed by atoms with Gasteiger partial charge in [0.2, 0.25) is 0 Å². The fourth-order valence-electron chi connectivity index (χ4n) is 3.21. The van der Waals surface area contributed by atoms with Crippen LogP contribution in [-0.4, -0.2) is 47.9 Å². The lowest BCUT2D eigenvalue weighted by Crippen LogP contribution is -2.53. The third-order valence-corrected chi connectivity index (χ3v) is 4.13. The van der Waals surface area contributed by atoms with Gasteiger partial charge in [-0.3, -0.25) is 4.90 Å². The molecular formula is C17H28N2O2. The summed E-state index contributed by atoms with van der Waals surface area (Å²) in [6.45, 7) is 9.16. The molecule has 4 nitrogen and oxygen atoms in total. The molecule has 1 aromatic carbocycles. The van der Waals surface area contributed by atoms with E-state index < -0.39 is 5.60 Å². The lowest BCUT2D eigenvalue weighted by atomic mass is 9.90. The molecular weight excluding hydrogens is 264 g/mol. The van der Waals surface area contributed by atoms with Crippen molar-refractivity contribution in [2.45, 2.75) is 44.5 Å². The average Bonchev–Trinajstić information content (AvgIpc) is 2.44. The smallest absolute Gasteiger partial charge is 0.103 e. The monoisotopic (exact) mass is 292 g/mol. The first-order chi connectivity index (χ1) is 9.85. The predicted molar refractivity (Wildman–Crippen MR) is 85.1 cm³/mol. The quantitative estimate of drug-likeness (QED) is 0.867. The van der Waals surface area contributed by atoms with Gasteiger partial charge in [0.05, 0.1) is 11.7 Å². The molecule has 0 spiro atoms. The Balaban J connectivity index is 2.00. The minimum absolute atomic E-state index is 0.134. The molecule has 0 bridgehead atoms. The van der Waals surface area contributed by atoms with Crippen LogP contribution in [-0.2, 0) is 10.3 Å². The van der Waals surface area contributed by atoms with Crippen molar-refractivity contribution >= 4 is 0 Å². The van der Waals surface area contributed by atoms with Gasteiger partial charge in [-0.1, -0.05) is 30.3 Å². The molecule has 1 saturated heterocycles. The Morgan fingerprint density at radius 3 is 2.62 bits per heavy atom. The zero-order chi connectivity index (χ0) is 15.5. The molecule has 2 rings (SSSR count). The number of rotatable bonds is 5. The molecule has 0 amide bonds. The van der Waals surface area contributed by atoms with Crippen LogP contribution in [0.2, 0.25) is 0 Å². The summed E-state index contributed by atoms with van der Waals surface area (Å²) in [5.41, 5.74) is 5.65. The first kappa shape index (κ1) is 16.4. The van der Waals surface area contributed by atoms with Crippen LogP contribution in [0.15, 0.2) is 30.3 Å². The lowest BCUT2D eigenvalue weighted by molar-refractivity contribution is -0.132. The van der Waals surface area contributed by atoms with E-state index in [1.807, 2.05) is 30.3 Å². The molecule has 2 unspecified atom stereocenters. The van der Waals surface area contributed by atoms with E-state index in [0.717, 1.165) is 25.2 Å². The van der Waals surface area contributed by atoms with Gasteiger partial charge >= 0.3 is 0 Å². The van der Waals surface area contributed by atoms with E-state index in [-0.39, 0.29) is 18.2 Å². The molecule has 2 atom stereocenters. The standard InChI is InChI=1S/C17H28N2O2/c1-14-11-19(13-16(2,3)21-14)10-9-17(20,12-18)15-7-5-4-6-8-15/h4-8,14,20H,9-13,18H2,1-3H3. The van der Waals surface area contributed by atoms with E-state index >= 15 is 0 Å². The summed E-state index contributed by atoms with van der Waals surface area (Å²) in [4.78, 5) is 2.36. The summed E-state index contributed by atoms with van der Waals surface area (Å²) >= 11 is 0. The summed E-state index contributed by atoms with van der Waals surface area (Å²) in [6.07, 6.45) is 0.854. The molecule has 1 aromatic rings. The van der Waals surface area contributed by atoms with Crippen molar-refractivity contribution < 1.29 is 9.84 Å². The molecule has 1 aliphatic heterocycles. The van der Waals surface area contributed by atoms with Crippen molar-refractivity contribution in [3.63, 3.8) is 0 Å². The topological polar surface area (TPSA) is 58.7 Å². The van der Waals surface area contributed by atoms with E-state index in [9.17, 15) is 5.11 Å². The van der Waals surface area contributed by atoms with Gasteiger partial charge in [-0.2, -0.15) is 0 Å². The second kappa shape index (κ2) is 6.44. The molecule has 3 N–H and O–H groups in total. The Kier molecular flexibility index (Phi) is 5.04. The van der Waals surface area contributed by atoms with Crippen LogP contribution in [0.3, 0.4) is 0 Å². The number of nitrogens with two attached hydrogens (primary N) is 1. The van der Waals surface area contributed by atoms with Crippen LogP contribution in [0.5, 0.6) is 0 Å². The van der Waals surface area contributed by atoms with Crippen molar-refractivity contribution in [3.05, 3.63) is 35.9 Å². The predicted octanol–water partition coefficient (Wildman–Crippen LogP) is 1.72. The van der Waals surface area contributed by atoms with Crippen molar-refractivity contribution in [3.8, 4) is 0 Å². The molecule has 1 heterocycles. The first-order valence-electron chi connectivity index (χ1n) is 7.73. The van der Waals surface area contributed by atoms with Crippen molar-refractivity contribution in [2.75, 3.05) is 26.2 Å². The van der Waals surface area contributed by atoms with Crippen LogP contribution in [0, 0.1) is 0 Å². The van der Waals surface area contributed by atoms with Crippen LogP contribution < -0.4 is 5.73 Å². The Morgan fingerprint density at radius 1 is 1.38 bits per heavy atom. The lowest BCUT2D eigenvalue weighted by Gasteiger charge is -2.42. The fraction of sp³-hybridized carbons (Fsp3) is 0.647. The molecule has 0 aliphatic carbocycles. The zero-order valence-corrected chi connectivity index (χ0v) is 13.4. The third kappa shape index (κ3) is 4.27. The van der Waals surface area contributed by atoms with Gasteiger partial charge in [-0.05, 0) is 32.8 Å². The minimum atomic E-state index is -0.951. The van der Waals surface area contributed by atoms with Crippen molar-refractivity contribution in [2.24, 2.45) is 5.73 Å². The highest BCUT2D eigenvalue weighted by Crippen LogP contribution is 2.26. The number of nitrogens with zero attached hydrogens (tertiary/aromatic N) is 1. The van der Waals surface area contributed by atoms with E-state index in [1.165, 1.54) is 0 Å². The van der Waals surface area contributed by atoms with Crippen molar-refractivity contribution in [1.29, 1.82) is 0 Å². The van der Waals surface area contributed by atoms with Gasteiger partial charge in [-0.15, -0.1) is 0 Å². The Morgan fingerprint density at radius 2 is 2.05 bits per heavy atom. The maximum Gasteiger partial charge on any atom is 0.103 e. The second-order valence-corrected chi connectivity index (χ2v) is 6.78. The van der Waals surface area contributed by atoms with E-state index in [4.69, 9.17) is 10.5 Å². The summed E-state index contributed by atoms with van der Waals surface area (Å²) in [5.74, 6) is 0. The average molecular weight is 292 g/mol. The van der Waals surface area contributed by atoms with Crippen LogP contribution in [0.1, 0.15) is 32.8 Å². The number of hydrogen-bond donors (Lipinski definition) is 2. The SMILES string of the molecule is CC1CN(CCC(O)(CN)c2ccccc2)CC(C)(C)O1. The molecule has 0 aromatic heterocycles. The number of ether oxygens (including phenoxy) is 1.